The Hall–Kier alpha value is -1.52. The normalized spacial score (nSPS) is 20.9. The standard InChI is InChI=1S/C17H29NO4/c1-6-7-8-12(2)11-13(14-9-10-15(19)21-14)18-16(20)22-17(3,4)5/h6,12-14H,1,7-11H2,2-5H3,(H,18,20)/t12-,13?,14?/m1/s1. The summed E-state index contributed by atoms with van der Waals surface area (Å²) in [5.41, 5.74) is -0.546. The highest BCUT2D eigenvalue weighted by molar-refractivity contribution is 5.72. The summed E-state index contributed by atoms with van der Waals surface area (Å²) >= 11 is 0. The molecule has 1 amide bonds. The topological polar surface area (TPSA) is 64.6 Å². The van der Waals surface area contributed by atoms with E-state index in [0.717, 1.165) is 19.3 Å². The molecule has 126 valence electrons. The molecular weight excluding hydrogens is 282 g/mol. The Bertz CT molecular complexity index is 400. The van der Waals surface area contributed by atoms with Gasteiger partial charge < -0.3 is 14.8 Å². The van der Waals surface area contributed by atoms with E-state index in [1.54, 1.807) is 0 Å². The number of cyclic esters (lactones) is 1. The summed E-state index contributed by atoms with van der Waals surface area (Å²) in [5, 5.41) is 2.88. The highest BCUT2D eigenvalue weighted by Gasteiger charge is 2.33. The van der Waals surface area contributed by atoms with Crippen molar-refractivity contribution in [1.29, 1.82) is 0 Å². The van der Waals surface area contributed by atoms with Gasteiger partial charge in [0, 0.05) is 6.42 Å². The first-order valence-electron chi connectivity index (χ1n) is 8.01. The smallest absolute Gasteiger partial charge is 0.408 e. The van der Waals surface area contributed by atoms with Crippen molar-refractivity contribution >= 4 is 12.1 Å². The molecule has 1 N–H and O–H groups in total. The van der Waals surface area contributed by atoms with Gasteiger partial charge in [0.15, 0.2) is 0 Å². The van der Waals surface area contributed by atoms with Crippen molar-refractivity contribution in [3.63, 3.8) is 0 Å². The van der Waals surface area contributed by atoms with E-state index in [2.05, 4.69) is 18.8 Å². The minimum atomic E-state index is -0.546. The van der Waals surface area contributed by atoms with Crippen molar-refractivity contribution in [1.82, 2.24) is 5.32 Å². The molecule has 0 aromatic carbocycles. The Morgan fingerprint density at radius 2 is 2.23 bits per heavy atom. The Balaban J connectivity index is 2.63. The van der Waals surface area contributed by atoms with Crippen LogP contribution in [0.3, 0.4) is 0 Å². The zero-order valence-corrected chi connectivity index (χ0v) is 14.2. The van der Waals surface area contributed by atoms with Crippen LogP contribution < -0.4 is 5.32 Å². The van der Waals surface area contributed by atoms with E-state index in [0.29, 0.717) is 18.8 Å². The van der Waals surface area contributed by atoms with Crippen LogP contribution in [-0.2, 0) is 14.3 Å². The number of carbonyl (C=O) groups is 2. The number of nitrogens with one attached hydrogen (secondary N) is 1. The summed E-state index contributed by atoms with van der Waals surface area (Å²) < 4.78 is 10.6. The fourth-order valence-corrected chi connectivity index (χ4v) is 2.55. The van der Waals surface area contributed by atoms with Gasteiger partial charge in [0.05, 0.1) is 6.04 Å². The van der Waals surface area contributed by atoms with E-state index in [-0.39, 0.29) is 18.1 Å². The molecule has 1 rings (SSSR count). The average molecular weight is 311 g/mol. The lowest BCUT2D eigenvalue weighted by atomic mass is 9.93. The SMILES string of the molecule is C=CCC[C@@H](C)CC(NC(=O)OC(C)(C)C)C1CCC(=O)O1. The van der Waals surface area contributed by atoms with Gasteiger partial charge in [0.1, 0.15) is 11.7 Å². The molecule has 5 nitrogen and oxygen atoms in total. The number of alkyl carbamates (subject to hydrolysis) is 1. The van der Waals surface area contributed by atoms with Crippen molar-refractivity contribution in [3.8, 4) is 0 Å². The van der Waals surface area contributed by atoms with Crippen LogP contribution in [-0.4, -0.2) is 29.8 Å². The number of rotatable bonds is 7. The van der Waals surface area contributed by atoms with Gasteiger partial charge in [0.25, 0.3) is 0 Å². The molecule has 2 unspecified atom stereocenters. The molecule has 1 fully saturated rings. The molecular formula is C17H29NO4. The monoisotopic (exact) mass is 311 g/mol. The van der Waals surface area contributed by atoms with Crippen LogP contribution >= 0.6 is 0 Å². The highest BCUT2D eigenvalue weighted by atomic mass is 16.6. The van der Waals surface area contributed by atoms with Crippen LogP contribution in [0.25, 0.3) is 0 Å². The van der Waals surface area contributed by atoms with Crippen molar-refractivity contribution in [3.05, 3.63) is 12.7 Å². The van der Waals surface area contributed by atoms with E-state index in [1.165, 1.54) is 0 Å². The van der Waals surface area contributed by atoms with Crippen molar-refractivity contribution in [2.45, 2.75) is 77.5 Å². The van der Waals surface area contributed by atoms with Crippen LogP contribution in [0.2, 0.25) is 0 Å². The average Bonchev–Trinajstić information content (AvgIpc) is 2.80. The number of esters is 1. The van der Waals surface area contributed by atoms with Gasteiger partial charge in [-0.25, -0.2) is 4.79 Å². The Morgan fingerprint density at radius 3 is 2.73 bits per heavy atom. The lowest BCUT2D eigenvalue weighted by molar-refractivity contribution is -0.142. The Kier molecular flexibility index (Phi) is 6.91. The zero-order chi connectivity index (χ0) is 16.8. The third-order valence-electron chi connectivity index (χ3n) is 3.59. The number of carbonyl (C=O) groups excluding carboxylic acids is 2. The predicted molar refractivity (Wildman–Crippen MR) is 85.5 cm³/mol. The third-order valence-corrected chi connectivity index (χ3v) is 3.59. The second-order valence-corrected chi connectivity index (χ2v) is 7.03. The maximum absolute atomic E-state index is 12.0. The van der Waals surface area contributed by atoms with Crippen molar-refractivity contribution < 1.29 is 19.1 Å². The molecule has 1 aliphatic rings. The molecule has 0 spiro atoms. The molecule has 0 aromatic heterocycles. The fourth-order valence-electron chi connectivity index (χ4n) is 2.55. The molecule has 3 atom stereocenters. The van der Waals surface area contributed by atoms with Gasteiger partial charge >= 0.3 is 12.1 Å². The van der Waals surface area contributed by atoms with E-state index in [4.69, 9.17) is 9.47 Å². The van der Waals surface area contributed by atoms with Crippen LogP contribution in [0.15, 0.2) is 12.7 Å². The Labute approximate surface area is 133 Å². The first-order valence-corrected chi connectivity index (χ1v) is 8.01. The van der Waals surface area contributed by atoms with E-state index in [1.807, 2.05) is 26.8 Å². The second kappa shape index (κ2) is 8.20. The summed E-state index contributed by atoms with van der Waals surface area (Å²) in [6.45, 7) is 11.3. The molecule has 0 saturated carbocycles. The summed E-state index contributed by atoms with van der Waals surface area (Å²) in [4.78, 5) is 23.4. The van der Waals surface area contributed by atoms with Gasteiger partial charge in [-0.3, -0.25) is 4.79 Å². The molecule has 0 aromatic rings. The first-order chi connectivity index (χ1) is 10.2. The van der Waals surface area contributed by atoms with Gasteiger partial charge in [-0.1, -0.05) is 13.0 Å². The molecule has 22 heavy (non-hydrogen) atoms. The molecule has 1 heterocycles. The van der Waals surface area contributed by atoms with Crippen LogP contribution in [0.1, 0.15) is 59.8 Å². The van der Waals surface area contributed by atoms with Gasteiger partial charge in [-0.05, 0) is 52.4 Å². The predicted octanol–water partition coefficient (Wildman–Crippen LogP) is 3.58. The number of amides is 1. The third kappa shape index (κ3) is 6.96. The van der Waals surface area contributed by atoms with Gasteiger partial charge in [-0.15, -0.1) is 6.58 Å². The molecule has 0 aliphatic carbocycles. The van der Waals surface area contributed by atoms with Gasteiger partial charge in [0.2, 0.25) is 0 Å². The fraction of sp³-hybridized carbons (Fsp3) is 0.765. The van der Waals surface area contributed by atoms with Gasteiger partial charge in [-0.2, -0.15) is 0 Å². The zero-order valence-electron chi connectivity index (χ0n) is 14.2. The van der Waals surface area contributed by atoms with Crippen LogP contribution in [0.4, 0.5) is 4.79 Å². The summed E-state index contributed by atoms with van der Waals surface area (Å²) in [7, 11) is 0. The van der Waals surface area contributed by atoms with Crippen LogP contribution in [0.5, 0.6) is 0 Å². The summed E-state index contributed by atoms with van der Waals surface area (Å²) in [5.74, 6) is 0.206. The first kappa shape index (κ1) is 18.5. The quantitative estimate of drug-likeness (QED) is 0.576. The largest absolute Gasteiger partial charge is 0.460 e. The van der Waals surface area contributed by atoms with E-state index in [9.17, 15) is 9.59 Å². The number of ether oxygens (including phenoxy) is 2. The number of allylic oxidation sites excluding steroid dienone is 1. The number of hydrogen-bond acceptors (Lipinski definition) is 4. The van der Waals surface area contributed by atoms with E-state index < -0.39 is 11.7 Å². The summed E-state index contributed by atoms with van der Waals surface area (Å²) in [6.07, 6.45) is 4.92. The summed E-state index contributed by atoms with van der Waals surface area (Å²) in [6, 6.07) is -0.207. The molecule has 1 saturated heterocycles. The lowest BCUT2D eigenvalue weighted by Gasteiger charge is -2.28. The molecule has 5 heteroatoms. The maximum atomic E-state index is 12.0. The van der Waals surface area contributed by atoms with Crippen LogP contribution in [0, 0.1) is 5.92 Å². The second-order valence-electron chi connectivity index (χ2n) is 7.03. The minimum absolute atomic E-state index is 0.195. The van der Waals surface area contributed by atoms with E-state index >= 15 is 0 Å². The van der Waals surface area contributed by atoms with Crippen molar-refractivity contribution in [2.24, 2.45) is 5.92 Å². The number of hydrogen-bond donors (Lipinski definition) is 1. The molecule has 1 aliphatic heterocycles. The lowest BCUT2D eigenvalue weighted by Crippen LogP contribution is -2.46. The highest BCUT2D eigenvalue weighted by Crippen LogP contribution is 2.23. The maximum Gasteiger partial charge on any atom is 0.408 e. The minimum Gasteiger partial charge on any atom is -0.460 e. The molecule has 0 bridgehead atoms. The Morgan fingerprint density at radius 1 is 1.55 bits per heavy atom. The van der Waals surface area contributed by atoms with Crippen molar-refractivity contribution in [2.75, 3.05) is 0 Å². The molecule has 0 radical (unpaired) electrons.